The molecule has 0 saturated carbocycles. The minimum absolute atomic E-state index is 0.0704. The lowest BCUT2D eigenvalue weighted by atomic mass is 10.1. The third kappa shape index (κ3) is 4.86. The highest BCUT2D eigenvalue weighted by molar-refractivity contribution is 6.33. The van der Waals surface area contributed by atoms with Gasteiger partial charge in [-0.25, -0.2) is 0 Å². The Morgan fingerprint density at radius 2 is 1.85 bits per heavy atom. The highest BCUT2D eigenvalue weighted by Gasteiger charge is 2.15. The normalized spacial score (nSPS) is 10.6. The van der Waals surface area contributed by atoms with Crippen LogP contribution in [0.2, 0.25) is 5.02 Å². The molecule has 140 valence electrons. The van der Waals surface area contributed by atoms with Gasteiger partial charge in [0.05, 0.1) is 5.02 Å². The largest absolute Gasteiger partial charge is 0.439 e. The number of carbonyl (C=O) groups is 1. The van der Waals surface area contributed by atoms with Crippen molar-refractivity contribution in [1.29, 1.82) is 0 Å². The maximum absolute atomic E-state index is 12.3. The third-order valence-electron chi connectivity index (χ3n) is 4.12. The number of amides is 1. The van der Waals surface area contributed by atoms with Crippen molar-refractivity contribution < 1.29 is 14.1 Å². The lowest BCUT2D eigenvalue weighted by Gasteiger charge is -2.17. The van der Waals surface area contributed by atoms with Gasteiger partial charge in [-0.2, -0.15) is 4.98 Å². The number of likely N-dealkylation sites (N-methyl/N-ethyl adjacent to an activating group) is 1. The van der Waals surface area contributed by atoms with E-state index in [-0.39, 0.29) is 18.6 Å². The number of hydrogen-bond donors (Lipinski definition) is 0. The van der Waals surface area contributed by atoms with Gasteiger partial charge in [0.15, 0.2) is 6.61 Å². The van der Waals surface area contributed by atoms with E-state index in [0.717, 1.165) is 12.0 Å². The molecule has 0 atom stereocenters. The van der Waals surface area contributed by atoms with Crippen molar-refractivity contribution in [3.05, 3.63) is 64.7 Å². The molecular formula is C20H20ClN3O3. The fourth-order valence-electron chi connectivity index (χ4n) is 2.50. The number of nitrogens with zero attached hydrogens (tertiary/aromatic N) is 3. The summed E-state index contributed by atoms with van der Waals surface area (Å²) in [5.74, 6) is 0.125. The van der Waals surface area contributed by atoms with Gasteiger partial charge in [-0.1, -0.05) is 60.1 Å². The number of benzene rings is 2. The van der Waals surface area contributed by atoms with Crippen molar-refractivity contribution in [1.82, 2.24) is 15.0 Å². The number of ether oxygens (including phenoxy) is 1. The number of aryl methyl sites for hydroxylation is 1. The van der Waals surface area contributed by atoms with Crippen molar-refractivity contribution in [2.75, 3.05) is 13.7 Å². The molecule has 0 fully saturated rings. The average molecular weight is 386 g/mol. The molecule has 0 unspecified atom stereocenters. The quantitative estimate of drug-likeness (QED) is 0.615. The lowest BCUT2D eigenvalue weighted by Crippen LogP contribution is -2.31. The fraction of sp³-hybridized carbons (Fsp3) is 0.250. The van der Waals surface area contributed by atoms with Crippen LogP contribution in [0, 0.1) is 0 Å². The number of hydrogen-bond acceptors (Lipinski definition) is 5. The zero-order chi connectivity index (χ0) is 19.2. The van der Waals surface area contributed by atoms with Gasteiger partial charge < -0.3 is 9.64 Å². The second-order valence-corrected chi connectivity index (χ2v) is 6.48. The van der Waals surface area contributed by atoms with E-state index in [1.165, 1.54) is 5.56 Å². The van der Waals surface area contributed by atoms with E-state index in [4.69, 9.17) is 20.9 Å². The monoisotopic (exact) mass is 385 g/mol. The molecule has 0 aliphatic rings. The van der Waals surface area contributed by atoms with Gasteiger partial charge in [-0.3, -0.25) is 9.32 Å². The van der Waals surface area contributed by atoms with Gasteiger partial charge >= 0.3 is 6.08 Å². The summed E-state index contributed by atoms with van der Waals surface area (Å²) in [5.41, 5.74) is 2.96. The summed E-state index contributed by atoms with van der Waals surface area (Å²) in [6, 6.07) is 15.3. The van der Waals surface area contributed by atoms with Crippen LogP contribution in [-0.2, 0) is 17.8 Å². The zero-order valence-electron chi connectivity index (χ0n) is 15.2. The van der Waals surface area contributed by atoms with E-state index in [9.17, 15) is 4.79 Å². The number of halogens is 1. The molecule has 3 aromatic rings. The molecule has 7 heteroatoms. The Bertz CT molecular complexity index is 909. The van der Waals surface area contributed by atoms with Crippen molar-refractivity contribution in [2.45, 2.75) is 19.9 Å². The summed E-state index contributed by atoms with van der Waals surface area (Å²) >= 11 is 6.11. The summed E-state index contributed by atoms with van der Waals surface area (Å²) in [6.45, 7) is 2.42. The second kappa shape index (κ2) is 8.68. The first-order valence-corrected chi connectivity index (χ1v) is 8.97. The van der Waals surface area contributed by atoms with Crippen LogP contribution >= 0.6 is 11.6 Å². The molecule has 0 bridgehead atoms. The van der Waals surface area contributed by atoms with Crippen LogP contribution in [0.25, 0.3) is 11.4 Å². The third-order valence-corrected chi connectivity index (χ3v) is 4.45. The Hall–Kier alpha value is -2.86. The summed E-state index contributed by atoms with van der Waals surface area (Å²) in [6.07, 6.45) is 0.919. The van der Waals surface area contributed by atoms with Crippen molar-refractivity contribution in [3.63, 3.8) is 0 Å². The SMILES string of the molecule is CCc1ccc(CN(C)C(=O)COc2nc(-c3ccccc3Cl)no2)cc1. The zero-order valence-corrected chi connectivity index (χ0v) is 15.9. The van der Waals surface area contributed by atoms with Crippen LogP contribution < -0.4 is 4.74 Å². The molecular weight excluding hydrogens is 366 g/mol. The van der Waals surface area contributed by atoms with Gasteiger partial charge in [0.1, 0.15) is 0 Å². The van der Waals surface area contributed by atoms with E-state index in [1.807, 2.05) is 24.3 Å². The molecule has 2 aromatic carbocycles. The average Bonchev–Trinajstić information content (AvgIpc) is 3.15. The Morgan fingerprint density at radius 1 is 1.15 bits per heavy atom. The maximum Gasteiger partial charge on any atom is 0.418 e. The van der Waals surface area contributed by atoms with E-state index in [2.05, 4.69) is 29.2 Å². The van der Waals surface area contributed by atoms with Gasteiger partial charge in [-0.05, 0) is 29.7 Å². The molecule has 3 rings (SSSR count). The van der Waals surface area contributed by atoms with E-state index >= 15 is 0 Å². The van der Waals surface area contributed by atoms with Crippen molar-refractivity contribution in [3.8, 4) is 17.5 Å². The van der Waals surface area contributed by atoms with E-state index in [1.54, 1.807) is 24.1 Å². The first-order chi connectivity index (χ1) is 13.1. The molecule has 1 heterocycles. The standard InChI is InChI=1S/C20H20ClN3O3/c1-3-14-8-10-15(11-9-14)12-24(2)18(25)13-26-20-22-19(23-27-20)16-6-4-5-7-17(16)21/h4-11H,3,12-13H2,1-2H3. The van der Waals surface area contributed by atoms with Crippen LogP contribution in [0.15, 0.2) is 53.1 Å². The smallest absolute Gasteiger partial charge is 0.418 e. The summed E-state index contributed by atoms with van der Waals surface area (Å²) in [4.78, 5) is 18.0. The van der Waals surface area contributed by atoms with Crippen LogP contribution in [0.1, 0.15) is 18.1 Å². The number of carbonyl (C=O) groups excluding carboxylic acids is 1. The summed E-state index contributed by atoms with van der Waals surface area (Å²) < 4.78 is 10.4. The van der Waals surface area contributed by atoms with E-state index < -0.39 is 0 Å². The predicted octanol–water partition coefficient (Wildman–Crippen LogP) is 3.99. The Kier molecular flexibility index (Phi) is 6.08. The molecule has 0 spiro atoms. The molecule has 6 nitrogen and oxygen atoms in total. The molecule has 1 amide bonds. The summed E-state index contributed by atoms with van der Waals surface area (Å²) in [5, 5.41) is 4.34. The van der Waals surface area contributed by atoms with Crippen molar-refractivity contribution >= 4 is 17.5 Å². The minimum Gasteiger partial charge on any atom is -0.439 e. The highest BCUT2D eigenvalue weighted by atomic mass is 35.5. The van der Waals surface area contributed by atoms with Gasteiger partial charge in [0.25, 0.3) is 5.91 Å². The Morgan fingerprint density at radius 3 is 2.56 bits per heavy atom. The maximum atomic E-state index is 12.3. The molecule has 0 N–H and O–H groups in total. The van der Waals surface area contributed by atoms with Crippen molar-refractivity contribution in [2.24, 2.45) is 0 Å². The molecule has 27 heavy (non-hydrogen) atoms. The molecule has 0 radical (unpaired) electrons. The predicted molar refractivity (Wildman–Crippen MR) is 103 cm³/mol. The van der Waals surface area contributed by atoms with Crippen LogP contribution in [0.5, 0.6) is 6.08 Å². The number of rotatable bonds is 7. The number of aromatic nitrogens is 2. The first-order valence-electron chi connectivity index (χ1n) is 8.60. The minimum atomic E-state index is -0.188. The van der Waals surface area contributed by atoms with Gasteiger partial charge in [0, 0.05) is 19.2 Å². The first kappa shape index (κ1) is 18.9. The molecule has 0 saturated heterocycles. The van der Waals surface area contributed by atoms with Gasteiger partial charge in [0.2, 0.25) is 5.82 Å². The van der Waals surface area contributed by atoms with Gasteiger partial charge in [-0.15, -0.1) is 0 Å². The van der Waals surface area contributed by atoms with E-state index in [0.29, 0.717) is 23.0 Å². The Labute approximate surface area is 162 Å². The highest BCUT2D eigenvalue weighted by Crippen LogP contribution is 2.26. The molecule has 0 aliphatic carbocycles. The lowest BCUT2D eigenvalue weighted by molar-refractivity contribution is -0.133. The Balaban J connectivity index is 1.55. The fourth-order valence-corrected chi connectivity index (χ4v) is 2.72. The van der Waals surface area contributed by atoms with Crippen LogP contribution in [0.3, 0.4) is 0 Å². The summed E-state index contributed by atoms with van der Waals surface area (Å²) in [7, 11) is 1.72. The topological polar surface area (TPSA) is 68.5 Å². The van der Waals surface area contributed by atoms with Crippen LogP contribution in [-0.4, -0.2) is 34.6 Å². The van der Waals surface area contributed by atoms with Crippen LogP contribution in [0.4, 0.5) is 0 Å². The molecule has 1 aromatic heterocycles. The molecule has 0 aliphatic heterocycles. The second-order valence-electron chi connectivity index (χ2n) is 6.07.